The average Bonchev–Trinajstić information content (AvgIpc) is 3.30. The molecule has 1 aromatic heterocycles. The Labute approximate surface area is 161 Å². The maximum absolute atomic E-state index is 12.7. The predicted octanol–water partition coefficient (Wildman–Crippen LogP) is 3.85. The number of allylic oxidation sites excluding steroid dienone is 1. The van der Waals surface area contributed by atoms with Crippen molar-refractivity contribution in [2.75, 3.05) is 33.2 Å². The van der Waals surface area contributed by atoms with Gasteiger partial charge in [-0.15, -0.1) is 0 Å². The highest BCUT2D eigenvalue weighted by atomic mass is 16.2. The minimum atomic E-state index is 0.241. The molecule has 2 aliphatic heterocycles. The SMILES string of the molecule is Cc1c(/C=C/C2=CCN(C)CC2)c2ccccc2n1CC(=O)N1CCCC1. The molecule has 1 amide bonds. The van der Waals surface area contributed by atoms with Crippen LogP contribution in [0, 0.1) is 6.92 Å². The van der Waals surface area contributed by atoms with E-state index in [-0.39, 0.29) is 5.91 Å². The van der Waals surface area contributed by atoms with Crippen molar-refractivity contribution >= 4 is 22.9 Å². The summed E-state index contributed by atoms with van der Waals surface area (Å²) in [6, 6.07) is 8.44. The lowest BCUT2D eigenvalue weighted by atomic mass is 10.1. The first kappa shape index (κ1) is 18.1. The first-order chi connectivity index (χ1) is 13.1. The summed E-state index contributed by atoms with van der Waals surface area (Å²) in [6.07, 6.45) is 10.2. The van der Waals surface area contributed by atoms with Gasteiger partial charge in [-0.3, -0.25) is 4.79 Å². The molecule has 4 nitrogen and oxygen atoms in total. The quantitative estimate of drug-likeness (QED) is 0.825. The topological polar surface area (TPSA) is 28.5 Å². The van der Waals surface area contributed by atoms with Crippen molar-refractivity contribution in [3.8, 4) is 0 Å². The molecule has 4 rings (SSSR count). The highest BCUT2D eigenvalue weighted by molar-refractivity contribution is 5.92. The van der Waals surface area contributed by atoms with Crippen molar-refractivity contribution < 1.29 is 4.79 Å². The molecule has 142 valence electrons. The van der Waals surface area contributed by atoms with Crippen LogP contribution in [0.15, 0.2) is 42.0 Å². The van der Waals surface area contributed by atoms with Crippen LogP contribution in [0.5, 0.6) is 0 Å². The molecule has 4 heteroatoms. The predicted molar refractivity (Wildman–Crippen MR) is 112 cm³/mol. The summed E-state index contributed by atoms with van der Waals surface area (Å²) in [5.41, 5.74) is 4.96. The van der Waals surface area contributed by atoms with Crippen molar-refractivity contribution in [3.63, 3.8) is 0 Å². The Hall–Kier alpha value is -2.33. The molecule has 2 aromatic rings. The van der Waals surface area contributed by atoms with Crippen LogP contribution in [0.1, 0.15) is 30.5 Å². The number of para-hydroxylation sites is 1. The van der Waals surface area contributed by atoms with Crippen molar-refractivity contribution in [3.05, 3.63) is 53.2 Å². The Balaban J connectivity index is 1.65. The molecule has 0 unspecified atom stereocenters. The second-order valence-corrected chi connectivity index (χ2v) is 7.81. The highest BCUT2D eigenvalue weighted by Crippen LogP contribution is 2.28. The maximum atomic E-state index is 12.7. The maximum Gasteiger partial charge on any atom is 0.242 e. The van der Waals surface area contributed by atoms with Crippen LogP contribution >= 0.6 is 0 Å². The smallest absolute Gasteiger partial charge is 0.242 e. The second-order valence-electron chi connectivity index (χ2n) is 7.81. The van der Waals surface area contributed by atoms with Gasteiger partial charge in [-0.2, -0.15) is 0 Å². The van der Waals surface area contributed by atoms with Crippen LogP contribution < -0.4 is 0 Å². The fourth-order valence-electron chi connectivity index (χ4n) is 4.20. The Bertz CT molecular complexity index is 900. The standard InChI is InChI=1S/C23H29N3O/c1-18-20(10-9-19-11-15-24(2)16-12-19)21-7-3-4-8-22(21)26(18)17-23(27)25-13-5-6-14-25/h3-4,7-11H,5-6,12-17H2,1-2H3/b10-9+. The molecule has 0 radical (unpaired) electrons. The van der Waals surface area contributed by atoms with Crippen LogP contribution in [0.2, 0.25) is 0 Å². The Kier molecular flexibility index (Phi) is 5.17. The van der Waals surface area contributed by atoms with E-state index in [0.717, 1.165) is 51.0 Å². The number of fused-ring (bicyclic) bond motifs is 1. The molecular weight excluding hydrogens is 334 g/mol. The summed E-state index contributed by atoms with van der Waals surface area (Å²) >= 11 is 0. The molecule has 0 saturated carbocycles. The number of hydrogen-bond donors (Lipinski definition) is 0. The number of hydrogen-bond acceptors (Lipinski definition) is 2. The number of rotatable bonds is 4. The lowest BCUT2D eigenvalue weighted by Crippen LogP contribution is -2.31. The first-order valence-electron chi connectivity index (χ1n) is 10.0. The molecule has 0 aliphatic carbocycles. The van der Waals surface area contributed by atoms with Gasteiger partial charge in [0, 0.05) is 48.3 Å². The number of likely N-dealkylation sites (N-methyl/N-ethyl adjacent to an activating group) is 1. The lowest BCUT2D eigenvalue weighted by Gasteiger charge is -2.20. The molecule has 3 heterocycles. The number of carbonyl (C=O) groups is 1. The number of amides is 1. The summed E-state index contributed by atoms with van der Waals surface area (Å²) in [5, 5.41) is 1.23. The van der Waals surface area contributed by atoms with Gasteiger partial charge in [0.05, 0.1) is 0 Å². The van der Waals surface area contributed by atoms with Crippen LogP contribution in [0.3, 0.4) is 0 Å². The van der Waals surface area contributed by atoms with E-state index < -0.39 is 0 Å². The van der Waals surface area contributed by atoms with Gasteiger partial charge in [-0.25, -0.2) is 0 Å². The monoisotopic (exact) mass is 363 g/mol. The molecule has 1 fully saturated rings. The van der Waals surface area contributed by atoms with E-state index in [9.17, 15) is 4.79 Å². The van der Waals surface area contributed by atoms with E-state index >= 15 is 0 Å². The summed E-state index contributed by atoms with van der Waals surface area (Å²) in [4.78, 5) is 17.1. The van der Waals surface area contributed by atoms with Gasteiger partial charge in [-0.05, 0) is 44.9 Å². The molecular formula is C23H29N3O. The highest BCUT2D eigenvalue weighted by Gasteiger charge is 2.20. The average molecular weight is 364 g/mol. The summed E-state index contributed by atoms with van der Waals surface area (Å²) < 4.78 is 2.19. The van der Waals surface area contributed by atoms with Crippen molar-refractivity contribution in [1.82, 2.24) is 14.4 Å². The summed E-state index contributed by atoms with van der Waals surface area (Å²) in [7, 11) is 2.16. The third-order valence-corrected chi connectivity index (χ3v) is 5.94. The van der Waals surface area contributed by atoms with E-state index in [1.807, 2.05) is 4.90 Å². The normalized spacial score (nSPS) is 18.6. The van der Waals surface area contributed by atoms with E-state index in [2.05, 4.69) is 65.9 Å². The van der Waals surface area contributed by atoms with Crippen molar-refractivity contribution in [1.29, 1.82) is 0 Å². The van der Waals surface area contributed by atoms with E-state index in [1.165, 1.54) is 22.2 Å². The third-order valence-electron chi connectivity index (χ3n) is 5.94. The number of likely N-dealkylation sites (tertiary alicyclic amines) is 1. The summed E-state index contributed by atoms with van der Waals surface area (Å²) in [5.74, 6) is 0.241. The van der Waals surface area contributed by atoms with Gasteiger partial charge < -0.3 is 14.4 Å². The third kappa shape index (κ3) is 3.72. The van der Waals surface area contributed by atoms with E-state index in [0.29, 0.717) is 6.54 Å². The van der Waals surface area contributed by atoms with Gasteiger partial charge in [0.2, 0.25) is 5.91 Å². The van der Waals surface area contributed by atoms with Crippen LogP contribution in [-0.2, 0) is 11.3 Å². The Morgan fingerprint density at radius 3 is 2.63 bits per heavy atom. The van der Waals surface area contributed by atoms with E-state index in [4.69, 9.17) is 0 Å². The fourth-order valence-corrected chi connectivity index (χ4v) is 4.20. The zero-order valence-electron chi connectivity index (χ0n) is 16.4. The number of aromatic nitrogens is 1. The minimum absolute atomic E-state index is 0.241. The molecule has 1 aromatic carbocycles. The fraction of sp³-hybridized carbons (Fsp3) is 0.435. The number of nitrogens with zero attached hydrogens (tertiary/aromatic N) is 3. The van der Waals surface area contributed by atoms with E-state index in [1.54, 1.807) is 0 Å². The Morgan fingerprint density at radius 2 is 1.89 bits per heavy atom. The number of benzene rings is 1. The molecule has 0 bridgehead atoms. The van der Waals surface area contributed by atoms with Gasteiger partial charge in [-0.1, -0.05) is 36.4 Å². The second kappa shape index (κ2) is 7.73. The van der Waals surface area contributed by atoms with Crippen molar-refractivity contribution in [2.45, 2.75) is 32.7 Å². The molecule has 2 aliphatic rings. The minimum Gasteiger partial charge on any atom is -0.341 e. The van der Waals surface area contributed by atoms with Crippen LogP contribution in [0.25, 0.3) is 17.0 Å². The molecule has 0 N–H and O–H groups in total. The van der Waals surface area contributed by atoms with Gasteiger partial charge in [0.15, 0.2) is 0 Å². The summed E-state index contributed by atoms with van der Waals surface area (Å²) in [6.45, 7) is 6.53. The molecule has 0 atom stereocenters. The van der Waals surface area contributed by atoms with Crippen LogP contribution in [0.4, 0.5) is 0 Å². The number of carbonyl (C=O) groups excluding carboxylic acids is 1. The molecule has 0 spiro atoms. The van der Waals surface area contributed by atoms with Gasteiger partial charge in [0.1, 0.15) is 6.54 Å². The molecule has 1 saturated heterocycles. The first-order valence-corrected chi connectivity index (χ1v) is 10.0. The largest absolute Gasteiger partial charge is 0.341 e. The van der Waals surface area contributed by atoms with Crippen molar-refractivity contribution in [2.24, 2.45) is 0 Å². The molecule has 27 heavy (non-hydrogen) atoms. The van der Waals surface area contributed by atoms with Crippen LogP contribution in [-0.4, -0.2) is 53.5 Å². The van der Waals surface area contributed by atoms with Gasteiger partial charge >= 0.3 is 0 Å². The zero-order valence-corrected chi connectivity index (χ0v) is 16.4. The zero-order chi connectivity index (χ0) is 18.8. The lowest BCUT2D eigenvalue weighted by molar-refractivity contribution is -0.130. The Morgan fingerprint density at radius 1 is 1.11 bits per heavy atom. The van der Waals surface area contributed by atoms with Gasteiger partial charge in [0.25, 0.3) is 0 Å².